The van der Waals surface area contributed by atoms with Crippen LogP contribution in [0.4, 0.5) is 0 Å². The maximum atomic E-state index is 10.2. The van der Waals surface area contributed by atoms with Crippen LogP contribution in [0.25, 0.3) is 0 Å². The van der Waals surface area contributed by atoms with Crippen LogP contribution in [0, 0.1) is 5.92 Å². The van der Waals surface area contributed by atoms with Gasteiger partial charge in [-0.1, -0.05) is 13.0 Å². The normalized spacial score (nSPS) is 17.6. The van der Waals surface area contributed by atoms with Crippen molar-refractivity contribution in [2.45, 2.75) is 25.9 Å². The number of fused-ring (bicyclic) bond motifs is 1. The number of aliphatic hydroxyl groups is 1. The highest BCUT2D eigenvalue weighted by Gasteiger charge is 2.16. The van der Waals surface area contributed by atoms with Crippen LogP contribution in [0.3, 0.4) is 0 Å². The van der Waals surface area contributed by atoms with Crippen LogP contribution < -0.4 is 9.47 Å². The lowest BCUT2D eigenvalue weighted by atomic mass is 9.98. The molecule has 0 bridgehead atoms. The van der Waals surface area contributed by atoms with Gasteiger partial charge in [0.1, 0.15) is 0 Å². The van der Waals surface area contributed by atoms with Crippen LogP contribution in [0.1, 0.15) is 31.4 Å². The zero-order chi connectivity index (χ0) is 13.7. The van der Waals surface area contributed by atoms with Gasteiger partial charge in [0, 0.05) is 20.1 Å². The molecule has 1 heterocycles. The molecule has 0 saturated carbocycles. The van der Waals surface area contributed by atoms with Crippen molar-refractivity contribution in [2.75, 3.05) is 26.9 Å². The lowest BCUT2D eigenvalue weighted by molar-refractivity contribution is 0.102. The van der Waals surface area contributed by atoms with E-state index in [1.54, 1.807) is 7.11 Å². The highest BCUT2D eigenvalue weighted by atomic mass is 16.5. The summed E-state index contributed by atoms with van der Waals surface area (Å²) in [5.41, 5.74) is 0.868. The second kappa shape index (κ2) is 6.78. The monoisotopic (exact) mass is 266 g/mol. The van der Waals surface area contributed by atoms with Crippen LogP contribution in [0.2, 0.25) is 0 Å². The van der Waals surface area contributed by atoms with E-state index < -0.39 is 6.10 Å². The molecular formula is C15H22O4. The smallest absolute Gasteiger partial charge is 0.161 e. The fraction of sp³-hybridized carbons (Fsp3) is 0.600. The Morgan fingerprint density at radius 2 is 2.00 bits per heavy atom. The number of methoxy groups -OCH3 is 1. The Kier molecular flexibility index (Phi) is 5.05. The first-order chi connectivity index (χ1) is 9.20. The molecule has 4 heteroatoms. The summed E-state index contributed by atoms with van der Waals surface area (Å²) in [6, 6.07) is 5.66. The van der Waals surface area contributed by atoms with Crippen LogP contribution in [-0.2, 0) is 4.74 Å². The Bertz CT molecular complexity index is 405. The molecule has 2 unspecified atom stereocenters. The van der Waals surface area contributed by atoms with Gasteiger partial charge in [-0.25, -0.2) is 0 Å². The quantitative estimate of drug-likeness (QED) is 0.889. The predicted octanol–water partition coefficient (Wildman–Crippen LogP) is 2.55. The van der Waals surface area contributed by atoms with Gasteiger partial charge in [0.2, 0.25) is 0 Å². The molecular weight excluding hydrogens is 244 g/mol. The van der Waals surface area contributed by atoms with E-state index in [4.69, 9.17) is 14.2 Å². The van der Waals surface area contributed by atoms with E-state index in [0.717, 1.165) is 23.5 Å². The third-order valence-electron chi connectivity index (χ3n) is 3.23. The van der Waals surface area contributed by atoms with Crippen molar-refractivity contribution in [2.24, 2.45) is 5.92 Å². The Morgan fingerprint density at radius 1 is 1.26 bits per heavy atom. The molecule has 1 N–H and O–H groups in total. The van der Waals surface area contributed by atoms with Gasteiger partial charge in [-0.05, 0) is 30.0 Å². The second-order valence-electron chi connectivity index (χ2n) is 5.07. The third kappa shape index (κ3) is 3.85. The number of hydrogen-bond acceptors (Lipinski definition) is 4. The molecule has 0 aromatic heterocycles. The number of ether oxygens (including phenoxy) is 3. The predicted molar refractivity (Wildman–Crippen MR) is 72.7 cm³/mol. The molecule has 1 aromatic rings. The van der Waals surface area contributed by atoms with E-state index in [2.05, 4.69) is 6.92 Å². The topological polar surface area (TPSA) is 47.9 Å². The van der Waals surface area contributed by atoms with E-state index >= 15 is 0 Å². The summed E-state index contributed by atoms with van der Waals surface area (Å²) in [5.74, 6) is 1.81. The minimum atomic E-state index is -0.498. The lowest BCUT2D eigenvalue weighted by Crippen LogP contribution is -2.09. The molecule has 0 amide bonds. The molecule has 0 aliphatic carbocycles. The highest BCUT2D eigenvalue weighted by molar-refractivity contribution is 5.44. The van der Waals surface area contributed by atoms with Gasteiger partial charge in [0.25, 0.3) is 0 Å². The SMILES string of the molecule is COCC(C)CC(O)c1ccc2c(c1)OCCCO2. The summed E-state index contributed by atoms with van der Waals surface area (Å²) < 4.78 is 16.3. The number of rotatable bonds is 5. The van der Waals surface area contributed by atoms with Crippen LogP contribution in [-0.4, -0.2) is 32.0 Å². The molecule has 1 aliphatic rings. The summed E-state index contributed by atoms with van der Waals surface area (Å²) in [6.45, 7) is 4.06. The number of aliphatic hydroxyl groups excluding tert-OH is 1. The summed E-state index contributed by atoms with van der Waals surface area (Å²) in [4.78, 5) is 0. The van der Waals surface area contributed by atoms with Crippen molar-refractivity contribution in [1.29, 1.82) is 0 Å². The standard InChI is InChI=1S/C15H22O4/c1-11(10-17-2)8-13(16)12-4-5-14-15(9-12)19-7-3-6-18-14/h4-5,9,11,13,16H,3,6-8,10H2,1-2H3. The van der Waals surface area contributed by atoms with Gasteiger partial charge in [0.05, 0.1) is 19.3 Å². The van der Waals surface area contributed by atoms with Crippen molar-refractivity contribution in [3.8, 4) is 11.5 Å². The zero-order valence-electron chi connectivity index (χ0n) is 11.6. The largest absolute Gasteiger partial charge is 0.490 e. The Labute approximate surface area is 114 Å². The van der Waals surface area contributed by atoms with Crippen molar-refractivity contribution < 1.29 is 19.3 Å². The maximum absolute atomic E-state index is 10.2. The van der Waals surface area contributed by atoms with Crippen LogP contribution >= 0.6 is 0 Å². The van der Waals surface area contributed by atoms with E-state index in [-0.39, 0.29) is 0 Å². The first kappa shape index (κ1) is 14.2. The second-order valence-corrected chi connectivity index (χ2v) is 5.07. The minimum Gasteiger partial charge on any atom is -0.490 e. The number of hydrogen-bond donors (Lipinski definition) is 1. The molecule has 4 nitrogen and oxygen atoms in total. The lowest BCUT2D eigenvalue weighted by Gasteiger charge is -2.17. The Balaban J connectivity index is 2.06. The molecule has 106 valence electrons. The van der Waals surface area contributed by atoms with Crippen molar-refractivity contribution in [1.82, 2.24) is 0 Å². The molecule has 2 atom stereocenters. The van der Waals surface area contributed by atoms with Crippen molar-refractivity contribution in [3.05, 3.63) is 23.8 Å². The Morgan fingerprint density at radius 3 is 2.74 bits per heavy atom. The van der Waals surface area contributed by atoms with E-state index in [1.165, 1.54) is 0 Å². The maximum Gasteiger partial charge on any atom is 0.161 e. The minimum absolute atomic E-state index is 0.316. The first-order valence-electron chi connectivity index (χ1n) is 6.77. The fourth-order valence-electron chi connectivity index (χ4n) is 2.26. The van der Waals surface area contributed by atoms with E-state index in [1.807, 2.05) is 18.2 Å². The highest BCUT2D eigenvalue weighted by Crippen LogP contribution is 2.33. The van der Waals surface area contributed by atoms with Gasteiger partial charge >= 0.3 is 0 Å². The molecule has 1 aliphatic heterocycles. The molecule has 0 radical (unpaired) electrons. The molecule has 0 saturated heterocycles. The summed E-state index contributed by atoms with van der Waals surface area (Å²) in [5, 5.41) is 10.2. The van der Waals surface area contributed by atoms with Gasteiger partial charge < -0.3 is 19.3 Å². The van der Waals surface area contributed by atoms with Gasteiger partial charge in [-0.2, -0.15) is 0 Å². The van der Waals surface area contributed by atoms with Crippen LogP contribution in [0.5, 0.6) is 11.5 Å². The molecule has 2 rings (SSSR count). The third-order valence-corrected chi connectivity index (χ3v) is 3.23. The zero-order valence-corrected chi connectivity index (χ0v) is 11.6. The van der Waals surface area contributed by atoms with Crippen molar-refractivity contribution >= 4 is 0 Å². The van der Waals surface area contributed by atoms with Crippen LogP contribution in [0.15, 0.2) is 18.2 Å². The molecule has 0 spiro atoms. The summed E-state index contributed by atoms with van der Waals surface area (Å²) in [7, 11) is 1.68. The molecule has 1 aromatic carbocycles. The Hall–Kier alpha value is -1.26. The average Bonchev–Trinajstić information content (AvgIpc) is 2.63. The van der Waals surface area contributed by atoms with E-state index in [9.17, 15) is 5.11 Å². The molecule has 19 heavy (non-hydrogen) atoms. The summed E-state index contributed by atoms with van der Waals surface area (Å²) in [6.07, 6.45) is 1.06. The molecule has 0 fully saturated rings. The first-order valence-corrected chi connectivity index (χ1v) is 6.77. The van der Waals surface area contributed by atoms with Gasteiger partial charge in [-0.3, -0.25) is 0 Å². The fourth-order valence-corrected chi connectivity index (χ4v) is 2.26. The van der Waals surface area contributed by atoms with Gasteiger partial charge in [0.15, 0.2) is 11.5 Å². The van der Waals surface area contributed by atoms with Crippen molar-refractivity contribution in [3.63, 3.8) is 0 Å². The van der Waals surface area contributed by atoms with Gasteiger partial charge in [-0.15, -0.1) is 0 Å². The summed E-state index contributed by atoms with van der Waals surface area (Å²) >= 11 is 0. The average molecular weight is 266 g/mol. The van der Waals surface area contributed by atoms with E-state index in [0.29, 0.717) is 32.2 Å². The number of benzene rings is 1.